The third kappa shape index (κ3) is 3.74. The van der Waals surface area contributed by atoms with Crippen LogP contribution in [0.1, 0.15) is 39.8 Å². The Morgan fingerprint density at radius 1 is 1.00 bits per heavy atom. The summed E-state index contributed by atoms with van der Waals surface area (Å²) in [6.45, 7) is 5.78. The molecule has 29 heavy (non-hydrogen) atoms. The molecule has 6 nitrogen and oxygen atoms in total. The van der Waals surface area contributed by atoms with Gasteiger partial charge in [-0.1, -0.05) is 19.1 Å². The highest BCUT2D eigenvalue weighted by Crippen LogP contribution is 2.21. The summed E-state index contributed by atoms with van der Waals surface area (Å²) in [5, 5.41) is 0.755. The fraction of sp³-hybridized carbons (Fsp3) is 0.217. The highest BCUT2D eigenvalue weighted by molar-refractivity contribution is 5.93. The molecule has 2 aromatic carbocycles. The van der Waals surface area contributed by atoms with Gasteiger partial charge in [0.05, 0.1) is 28.0 Å². The summed E-state index contributed by atoms with van der Waals surface area (Å²) in [6, 6.07) is 12.1. The summed E-state index contributed by atoms with van der Waals surface area (Å²) in [5.74, 6) is -0.488. The molecule has 0 spiro atoms. The first kappa shape index (κ1) is 18.8. The zero-order valence-corrected chi connectivity index (χ0v) is 16.5. The standard InChI is InChI=1S/C23H20N2O4/c1-4-15-5-7-18-17(11-22(26)29-21(18)9-15)12-28-23(27)16-6-8-19-20(10-16)25-14(3)13(2)24-19/h5-11H,4,12H2,1-3H3. The van der Waals surface area contributed by atoms with Crippen LogP contribution in [0.3, 0.4) is 0 Å². The molecule has 0 atom stereocenters. The van der Waals surface area contributed by atoms with E-state index in [4.69, 9.17) is 9.15 Å². The number of carbonyl (C=O) groups is 1. The van der Waals surface area contributed by atoms with E-state index in [0.717, 1.165) is 34.3 Å². The monoisotopic (exact) mass is 388 g/mol. The molecule has 0 saturated carbocycles. The molecule has 4 aromatic rings. The molecule has 0 aliphatic heterocycles. The highest BCUT2D eigenvalue weighted by atomic mass is 16.5. The molecule has 0 saturated heterocycles. The van der Waals surface area contributed by atoms with Crippen molar-refractivity contribution >= 4 is 28.0 Å². The SMILES string of the molecule is CCc1ccc2c(COC(=O)c3ccc4nc(C)c(C)nc4c3)cc(=O)oc2c1. The topological polar surface area (TPSA) is 82.3 Å². The second-order valence-electron chi connectivity index (χ2n) is 6.95. The predicted molar refractivity (Wildman–Crippen MR) is 110 cm³/mol. The first-order valence-electron chi connectivity index (χ1n) is 9.42. The van der Waals surface area contributed by atoms with E-state index in [1.54, 1.807) is 18.2 Å². The van der Waals surface area contributed by atoms with Crippen LogP contribution < -0.4 is 5.63 Å². The average molecular weight is 388 g/mol. The van der Waals surface area contributed by atoms with E-state index in [-0.39, 0.29) is 6.61 Å². The minimum absolute atomic E-state index is 0.0248. The minimum atomic E-state index is -0.488. The molecule has 0 fully saturated rings. The van der Waals surface area contributed by atoms with Gasteiger partial charge in [-0.3, -0.25) is 0 Å². The van der Waals surface area contributed by atoms with Gasteiger partial charge in [-0.05, 0) is 50.1 Å². The molecular formula is C23H20N2O4. The van der Waals surface area contributed by atoms with E-state index in [2.05, 4.69) is 9.97 Å². The van der Waals surface area contributed by atoms with Crippen LogP contribution in [0.5, 0.6) is 0 Å². The van der Waals surface area contributed by atoms with Crippen molar-refractivity contribution in [2.75, 3.05) is 0 Å². The van der Waals surface area contributed by atoms with Gasteiger partial charge < -0.3 is 9.15 Å². The normalized spacial score (nSPS) is 11.1. The summed E-state index contributed by atoms with van der Waals surface area (Å²) in [6.07, 6.45) is 0.836. The van der Waals surface area contributed by atoms with E-state index in [9.17, 15) is 9.59 Å². The van der Waals surface area contributed by atoms with Crippen molar-refractivity contribution < 1.29 is 13.9 Å². The molecule has 146 valence electrons. The first-order chi connectivity index (χ1) is 13.9. The zero-order valence-electron chi connectivity index (χ0n) is 16.5. The van der Waals surface area contributed by atoms with Crippen LogP contribution in [0.4, 0.5) is 0 Å². The maximum atomic E-state index is 12.6. The Morgan fingerprint density at radius 3 is 2.52 bits per heavy atom. The van der Waals surface area contributed by atoms with Crippen LogP contribution in [-0.2, 0) is 17.8 Å². The zero-order chi connectivity index (χ0) is 20.5. The van der Waals surface area contributed by atoms with Crippen molar-refractivity contribution in [3.05, 3.63) is 81.0 Å². The quantitative estimate of drug-likeness (QED) is 0.383. The summed E-state index contributed by atoms with van der Waals surface area (Å²) in [5.41, 5.74) is 5.13. The van der Waals surface area contributed by atoms with E-state index >= 15 is 0 Å². The maximum Gasteiger partial charge on any atom is 0.338 e. The number of nitrogens with zero attached hydrogens (tertiary/aromatic N) is 2. The Kier molecular flexibility index (Phi) is 4.84. The lowest BCUT2D eigenvalue weighted by atomic mass is 10.1. The first-order valence-corrected chi connectivity index (χ1v) is 9.42. The van der Waals surface area contributed by atoms with Crippen LogP contribution in [0.15, 0.2) is 51.7 Å². The number of rotatable bonds is 4. The molecule has 2 aromatic heterocycles. The number of aromatic nitrogens is 2. The Labute approximate surface area is 167 Å². The van der Waals surface area contributed by atoms with Crippen molar-refractivity contribution in [2.24, 2.45) is 0 Å². The van der Waals surface area contributed by atoms with Gasteiger partial charge in [0.25, 0.3) is 0 Å². The number of benzene rings is 2. The van der Waals surface area contributed by atoms with Gasteiger partial charge in [0.2, 0.25) is 0 Å². The Morgan fingerprint density at radius 2 is 1.76 bits per heavy atom. The molecule has 0 bridgehead atoms. The van der Waals surface area contributed by atoms with E-state index in [1.165, 1.54) is 6.07 Å². The lowest BCUT2D eigenvalue weighted by Gasteiger charge is -2.09. The Balaban J connectivity index is 1.60. The number of carbonyl (C=O) groups excluding carboxylic acids is 1. The maximum absolute atomic E-state index is 12.6. The summed E-state index contributed by atoms with van der Waals surface area (Å²) in [4.78, 5) is 33.4. The Bertz CT molecular complexity index is 1310. The van der Waals surface area contributed by atoms with Crippen LogP contribution in [0.2, 0.25) is 0 Å². The van der Waals surface area contributed by atoms with E-state index < -0.39 is 11.6 Å². The number of esters is 1. The van der Waals surface area contributed by atoms with E-state index in [1.807, 2.05) is 39.0 Å². The van der Waals surface area contributed by atoms with Crippen molar-refractivity contribution in [1.29, 1.82) is 0 Å². The van der Waals surface area contributed by atoms with Crippen molar-refractivity contribution in [2.45, 2.75) is 33.8 Å². The molecule has 2 heterocycles. The van der Waals surface area contributed by atoms with Gasteiger partial charge >= 0.3 is 11.6 Å². The number of hydrogen-bond donors (Lipinski definition) is 0. The third-order valence-corrected chi connectivity index (χ3v) is 4.97. The van der Waals surface area contributed by atoms with E-state index in [0.29, 0.717) is 22.2 Å². The molecule has 0 N–H and O–H groups in total. The third-order valence-electron chi connectivity index (χ3n) is 4.97. The van der Waals surface area contributed by atoms with Gasteiger partial charge in [0.15, 0.2) is 0 Å². The lowest BCUT2D eigenvalue weighted by Crippen LogP contribution is -2.08. The van der Waals surface area contributed by atoms with Gasteiger partial charge in [0.1, 0.15) is 12.2 Å². The molecule has 0 unspecified atom stereocenters. The van der Waals surface area contributed by atoms with Crippen LogP contribution in [0, 0.1) is 13.8 Å². The molecule has 0 aliphatic carbocycles. The van der Waals surface area contributed by atoms with Gasteiger partial charge in [-0.25, -0.2) is 19.6 Å². The average Bonchev–Trinajstić information content (AvgIpc) is 2.71. The fourth-order valence-corrected chi connectivity index (χ4v) is 3.20. The molecular weight excluding hydrogens is 368 g/mol. The number of ether oxygens (including phenoxy) is 1. The minimum Gasteiger partial charge on any atom is -0.457 e. The molecule has 0 amide bonds. The lowest BCUT2D eigenvalue weighted by molar-refractivity contribution is 0.0474. The van der Waals surface area contributed by atoms with Gasteiger partial charge in [-0.2, -0.15) is 0 Å². The molecule has 6 heteroatoms. The van der Waals surface area contributed by atoms with Gasteiger partial charge in [-0.15, -0.1) is 0 Å². The van der Waals surface area contributed by atoms with Crippen LogP contribution >= 0.6 is 0 Å². The number of fused-ring (bicyclic) bond motifs is 2. The highest BCUT2D eigenvalue weighted by Gasteiger charge is 2.13. The predicted octanol–water partition coefficient (Wildman–Crippen LogP) is 4.27. The molecule has 0 aliphatic rings. The summed E-state index contributed by atoms with van der Waals surface area (Å²) in [7, 11) is 0. The largest absolute Gasteiger partial charge is 0.457 e. The van der Waals surface area contributed by atoms with Gasteiger partial charge in [0, 0.05) is 17.0 Å². The van der Waals surface area contributed by atoms with Crippen molar-refractivity contribution in [3.63, 3.8) is 0 Å². The molecule has 0 radical (unpaired) electrons. The van der Waals surface area contributed by atoms with Crippen LogP contribution in [0.25, 0.3) is 22.0 Å². The fourth-order valence-electron chi connectivity index (χ4n) is 3.20. The molecule has 4 rings (SSSR count). The van der Waals surface area contributed by atoms with Crippen molar-refractivity contribution in [3.8, 4) is 0 Å². The Hall–Kier alpha value is -3.54. The smallest absolute Gasteiger partial charge is 0.338 e. The summed E-state index contributed by atoms with van der Waals surface area (Å²) >= 11 is 0. The second-order valence-corrected chi connectivity index (χ2v) is 6.95. The summed E-state index contributed by atoms with van der Waals surface area (Å²) < 4.78 is 10.8. The number of aryl methyl sites for hydroxylation is 3. The number of hydrogen-bond acceptors (Lipinski definition) is 6. The second kappa shape index (κ2) is 7.47. The van der Waals surface area contributed by atoms with Crippen molar-refractivity contribution in [1.82, 2.24) is 9.97 Å². The van der Waals surface area contributed by atoms with Crippen LogP contribution in [-0.4, -0.2) is 15.9 Å².